The highest BCUT2D eigenvalue weighted by atomic mass is 79.9. The second kappa shape index (κ2) is 4.79. The van der Waals surface area contributed by atoms with E-state index in [-0.39, 0.29) is 0 Å². The summed E-state index contributed by atoms with van der Waals surface area (Å²) >= 11 is 7.73. The molecule has 0 amide bonds. The number of nitro groups is 1. The molecule has 0 aromatic carbocycles. The quantitative estimate of drug-likeness (QED) is 0.488. The molecule has 1 aromatic rings. The molecule has 0 N–H and O–H groups in total. The summed E-state index contributed by atoms with van der Waals surface area (Å²) < 4.78 is 24.4. The predicted octanol–water partition coefficient (Wildman–Crippen LogP) is 3.07. The van der Waals surface area contributed by atoms with Gasteiger partial charge in [0.1, 0.15) is 15.7 Å². The Balaban J connectivity index is 3.54. The Bertz CT molecular complexity index is 469. The zero-order valence-electron chi connectivity index (χ0n) is 7.29. The van der Waals surface area contributed by atoms with Gasteiger partial charge >= 0.3 is 0 Å². The molecule has 0 bridgehead atoms. The minimum absolute atomic E-state index is 0.449. The van der Waals surface area contributed by atoms with Crippen LogP contribution in [0.4, 0.5) is 14.5 Å². The first kappa shape index (κ1) is 12.9. The van der Waals surface area contributed by atoms with E-state index in [4.69, 9.17) is 11.6 Å². The summed E-state index contributed by atoms with van der Waals surface area (Å²) in [5.74, 6) is 0. The lowest BCUT2D eigenvalue weighted by atomic mass is 10.2. The summed E-state index contributed by atoms with van der Waals surface area (Å²) in [6.45, 7) is 0. The lowest BCUT2D eigenvalue weighted by molar-refractivity contribution is -0.387. The molecule has 0 aliphatic heterocycles. The van der Waals surface area contributed by atoms with Gasteiger partial charge in [-0.1, -0.05) is 0 Å². The van der Waals surface area contributed by atoms with E-state index in [2.05, 4.69) is 20.9 Å². The molecular formula is C7H2BrClF2N2O3. The third-order valence-electron chi connectivity index (χ3n) is 1.63. The van der Waals surface area contributed by atoms with E-state index in [0.29, 0.717) is 6.20 Å². The average molecular weight is 315 g/mol. The molecule has 0 saturated carbocycles. The van der Waals surface area contributed by atoms with E-state index in [1.165, 1.54) is 0 Å². The van der Waals surface area contributed by atoms with E-state index in [0.717, 1.165) is 0 Å². The Morgan fingerprint density at radius 1 is 1.62 bits per heavy atom. The lowest BCUT2D eigenvalue weighted by Crippen LogP contribution is -2.04. The van der Waals surface area contributed by atoms with Crippen LogP contribution >= 0.6 is 27.5 Å². The van der Waals surface area contributed by atoms with Gasteiger partial charge < -0.3 is 0 Å². The van der Waals surface area contributed by atoms with Gasteiger partial charge in [0.05, 0.1) is 4.92 Å². The summed E-state index contributed by atoms with van der Waals surface area (Å²) in [4.78, 5) is 23.7. The van der Waals surface area contributed by atoms with Gasteiger partial charge in [-0.3, -0.25) is 14.9 Å². The first-order valence-electron chi connectivity index (χ1n) is 3.67. The second-order valence-electron chi connectivity index (χ2n) is 2.56. The number of carbonyl (C=O) groups excluding carboxylic acids is 1. The molecule has 0 radical (unpaired) electrons. The standard InChI is InChI=1S/C7H2BrClF2N2O3/c8-3-4(6(9)14)12-1-2(7(10)11)5(3)13(15)16/h1,7H. The van der Waals surface area contributed by atoms with Crippen molar-refractivity contribution < 1.29 is 18.5 Å². The van der Waals surface area contributed by atoms with Crippen LogP contribution < -0.4 is 0 Å². The number of nitrogens with zero attached hydrogens (tertiary/aromatic N) is 2. The average Bonchev–Trinajstić information content (AvgIpc) is 2.15. The molecule has 1 aromatic heterocycles. The Labute approximate surface area is 101 Å². The topological polar surface area (TPSA) is 73.1 Å². The van der Waals surface area contributed by atoms with Crippen molar-refractivity contribution in [2.75, 3.05) is 0 Å². The number of pyridine rings is 1. The van der Waals surface area contributed by atoms with Crippen LogP contribution in [0.5, 0.6) is 0 Å². The Morgan fingerprint density at radius 2 is 2.19 bits per heavy atom. The van der Waals surface area contributed by atoms with E-state index >= 15 is 0 Å². The number of rotatable bonds is 3. The van der Waals surface area contributed by atoms with Gasteiger partial charge in [0.15, 0.2) is 0 Å². The van der Waals surface area contributed by atoms with Gasteiger partial charge in [0.2, 0.25) is 0 Å². The molecule has 1 rings (SSSR count). The zero-order chi connectivity index (χ0) is 12.5. The Morgan fingerprint density at radius 3 is 2.56 bits per heavy atom. The first-order valence-corrected chi connectivity index (χ1v) is 4.84. The van der Waals surface area contributed by atoms with Crippen LogP contribution in [0.1, 0.15) is 22.5 Å². The van der Waals surface area contributed by atoms with Crippen molar-refractivity contribution in [2.45, 2.75) is 6.43 Å². The molecule has 0 aliphatic carbocycles. The van der Waals surface area contributed by atoms with Gasteiger partial charge in [-0.25, -0.2) is 13.8 Å². The largest absolute Gasteiger partial charge is 0.296 e. The molecule has 0 aliphatic rings. The monoisotopic (exact) mass is 314 g/mol. The number of halogens is 4. The number of hydrogen-bond donors (Lipinski definition) is 0. The van der Waals surface area contributed by atoms with Crippen molar-refractivity contribution in [1.29, 1.82) is 0 Å². The van der Waals surface area contributed by atoms with Crippen molar-refractivity contribution in [2.24, 2.45) is 0 Å². The molecule has 0 unspecified atom stereocenters. The molecule has 9 heteroatoms. The maximum absolute atomic E-state index is 12.4. The van der Waals surface area contributed by atoms with Crippen molar-refractivity contribution in [3.05, 3.63) is 32.0 Å². The van der Waals surface area contributed by atoms with Gasteiger partial charge in [-0.15, -0.1) is 0 Å². The summed E-state index contributed by atoms with van der Waals surface area (Å²) in [6.07, 6.45) is -2.51. The second-order valence-corrected chi connectivity index (χ2v) is 3.69. The van der Waals surface area contributed by atoms with Gasteiger partial charge in [0, 0.05) is 6.20 Å². The van der Waals surface area contributed by atoms with Crippen LogP contribution in [0.15, 0.2) is 10.7 Å². The zero-order valence-corrected chi connectivity index (χ0v) is 9.63. The fourth-order valence-electron chi connectivity index (χ4n) is 0.973. The van der Waals surface area contributed by atoms with Crippen LogP contribution in [0.25, 0.3) is 0 Å². The fraction of sp³-hybridized carbons (Fsp3) is 0.143. The number of hydrogen-bond acceptors (Lipinski definition) is 4. The molecule has 0 atom stereocenters. The van der Waals surface area contributed by atoms with Crippen LogP contribution in [-0.4, -0.2) is 15.1 Å². The highest BCUT2D eigenvalue weighted by Crippen LogP contribution is 2.36. The SMILES string of the molecule is O=C(Cl)c1ncc(C(F)F)c([N+](=O)[O-])c1Br. The molecule has 16 heavy (non-hydrogen) atoms. The Hall–Kier alpha value is -1.15. The van der Waals surface area contributed by atoms with E-state index in [1.807, 2.05) is 0 Å². The third-order valence-corrected chi connectivity index (χ3v) is 2.56. The third kappa shape index (κ3) is 2.33. The minimum Gasteiger partial charge on any atom is -0.274 e. The maximum atomic E-state index is 12.4. The Kier molecular flexibility index (Phi) is 3.87. The van der Waals surface area contributed by atoms with E-state index in [9.17, 15) is 23.7 Å². The normalized spacial score (nSPS) is 10.6. The van der Waals surface area contributed by atoms with Crippen LogP contribution in [0.2, 0.25) is 0 Å². The van der Waals surface area contributed by atoms with E-state index in [1.54, 1.807) is 0 Å². The van der Waals surface area contributed by atoms with Crippen molar-refractivity contribution in [1.82, 2.24) is 4.98 Å². The van der Waals surface area contributed by atoms with Gasteiger partial charge in [-0.2, -0.15) is 0 Å². The molecule has 5 nitrogen and oxygen atoms in total. The van der Waals surface area contributed by atoms with Crippen LogP contribution in [0.3, 0.4) is 0 Å². The van der Waals surface area contributed by atoms with Gasteiger partial charge in [-0.05, 0) is 27.5 Å². The first-order chi connectivity index (χ1) is 7.36. The molecular weight excluding hydrogens is 313 g/mol. The molecule has 86 valence electrons. The van der Waals surface area contributed by atoms with E-state index < -0.39 is 38.0 Å². The number of aromatic nitrogens is 1. The number of alkyl halides is 2. The summed E-state index contributed by atoms with van der Waals surface area (Å²) in [5.41, 5.74) is -2.26. The fourth-order valence-corrected chi connectivity index (χ4v) is 1.89. The number of carbonyl (C=O) groups is 1. The molecule has 0 saturated heterocycles. The van der Waals surface area contributed by atoms with Crippen LogP contribution in [0, 0.1) is 10.1 Å². The summed E-state index contributed by atoms with van der Waals surface area (Å²) in [5, 5.41) is 9.51. The smallest absolute Gasteiger partial charge is 0.274 e. The highest BCUT2D eigenvalue weighted by molar-refractivity contribution is 9.10. The lowest BCUT2D eigenvalue weighted by Gasteiger charge is -2.04. The molecule has 1 heterocycles. The predicted molar refractivity (Wildman–Crippen MR) is 53.7 cm³/mol. The molecule has 0 fully saturated rings. The summed E-state index contributed by atoms with van der Waals surface area (Å²) in [6, 6.07) is 0. The van der Waals surface area contributed by atoms with Crippen LogP contribution in [-0.2, 0) is 0 Å². The van der Waals surface area contributed by atoms with Gasteiger partial charge in [0.25, 0.3) is 17.4 Å². The van der Waals surface area contributed by atoms with Crippen molar-refractivity contribution >= 4 is 38.5 Å². The van der Waals surface area contributed by atoms with Crippen molar-refractivity contribution in [3.63, 3.8) is 0 Å². The summed E-state index contributed by atoms with van der Waals surface area (Å²) in [7, 11) is 0. The minimum atomic E-state index is -3.07. The maximum Gasteiger partial charge on any atom is 0.296 e. The van der Waals surface area contributed by atoms with Crippen molar-refractivity contribution in [3.8, 4) is 0 Å². The highest BCUT2D eigenvalue weighted by Gasteiger charge is 2.29. The molecule has 0 spiro atoms.